The second kappa shape index (κ2) is 8.33. The zero-order valence-electron chi connectivity index (χ0n) is 16.1. The number of carbonyl (C=O) groups excluding carboxylic acids is 1. The highest BCUT2D eigenvalue weighted by molar-refractivity contribution is 6.30. The van der Waals surface area contributed by atoms with Crippen LogP contribution in [0.25, 0.3) is 16.9 Å². The van der Waals surface area contributed by atoms with Crippen LogP contribution >= 0.6 is 11.6 Å². The number of imidazole rings is 1. The molecule has 1 amide bonds. The molecule has 0 aliphatic carbocycles. The van der Waals surface area contributed by atoms with Gasteiger partial charge in [0.25, 0.3) is 0 Å². The van der Waals surface area contributed by atoms with E-state index in [0.29, 0.717) is 6.42 Å². The minimum Gasteiger partial charge on any atom is -0.340 e. The van der Waals surface area contributed by atoms with Gasteiger partial charge in [0.2, 0.25) is 5.91 Å². The summed E-state index contributed by atoms with van der Waals surface area (Å²) in [5, 5.41) is 0.724. The molecule has 1 saturated heterocycles. The lowest BCUT2D eigenvalue weighted by Crippen LogP contribution is -2.48. The maximum Gasteiger partial charge on any atom is 0.222 e. The van der Waals surface area contributed by atoms with Crippen molar-refractivity contribution in [2.45, 2.75) is 26.3 Å². The summed E-state index contributed by atoms with van der Waals surface area (Å²) < 4.78 is 2.17. The van der Waals surface area contributed by atoms with E-state index in [1.165, 1.54) is 5.69 Å². The SMILES string of the molecule is CCCC(=O)N1CCN(Cc2c(-c3ccc(Cl)cc3)nc3ccccn23)CC1. The number of fused-ring (bicyclic) bond motifs is 1. The molecule has 0 N–H and O–H groups in total. The summed E-state index contributed by atoms with van der Waals surface area (Å²) in [7, 11) is 0. The average Bonchev–Trinajstić information content (AvgIpc) is 3.08. The Balaban J connectivity index is 1.58. The van der Waals surface area contributed by atoms with E-state index >= 15 is 0 Å². The quantitative estimate of drug-likeness (QED) is 0.652. The molecule has 3 aromatic rings. The fourth-order valence-electron chi connectivity index (χ4n) is 3.78. The highest BCUT2D eigenvalue weighted by Gasteiger charge is 2.23. The van der Waals surface area contributed by atoms with E-state index in [1.54, 1.807) is 0 Å². The van der Waals surface area contributed by atoms with Crippen LogP contribution in [0.1, 0.15) is 25.5 Å². The first-order valence-corrected chi connectivity index (χ1v) is 10.3. The van der Waals surface area contributed by atoms with Crippen LogP contribution in [0.2, 0.25) is 5.02 Å². The number of piperazine rings is 1. The van der Waals surface area contributed by atoms with Crippen molar-refractivity contribution in [3.05, 3.63) is 59.4 Å². The van der Waals surface area contributed by atoms with Crippen LogP contribution in [0.5, 0.6) is 0 Å². The summed E-state index contributed by atoms with van der Waals surface area (Å²) in [6.07, 6.45) is 3.62. The molecular formula is C22H25ClN4O. The number of carbonyl (C=O) groups is 1. The molecule has 146 valence electrons. The molecular weight excluding hydrogens is 372 g/mol. The standard InChI is InChI=1S/C22H25ClN4O/c1-2-5-21(28)26-14-12-25(13-15-26)16-19-22(17-7-9-18(23)10-8-17)24-20-6-3-4-11-27(19)20/h3-4,6-11H,2,5,12-16H2,1H3. The number of rotatable bonds is 5. The van der Waals surface area contributed by atoms with Crippen molar-refractivity contribution in [2.75, 3.05) is 26.2 Å². The van der Waals surface area contributed by atoms with Crippen molar-refractivity contribution in [3.8, 4) is 11.3 Å². The van der Waals surface area contributed by atoms with Gasteiger partial charge in [0, 0.05) is 55.9 Å². The van der Waals surface area contributed by atoms with Gasteiger partial charge in [-0.15, -0.1) is 0 Å². The molecule has 0 bridgehead atoms. The molecule has 28 heavy (non-hydrogen) atoms. The predicted octanol–water partition coefficient (Wildman–Crippen LogP) is 4.10. The Morgan fingerprint density at radius 3 is 2.54 bits per heavy atom. The molecule has 6 heteroatoms. The fraction of sp³-hybridized carbons (Fsp3) is 0.364. The second-order valence-corrected chi connectivity index (χ2v) is 7.69. The summed E-state index contributed by atoms with van der Waals surface area (Å²) in [5.41, 5.74) is 4.18. The van der Waals surface area contributed by atoms with E-state index in [0.717, 1.165) is 61.1 Å². The van der Waals surface area contributed by atoms with E-state index in [9.17, 15) is 4.79 Å². The largest absolute Gasteiger partial charge is 0.340 e. The Bertz CT molecular complexity index is 958. The molecule has 3 heterocycles. The molecule has 4 rings (SSSR count). The Morgan fingerprint density at radius 2 is 1.82 bits per heavy atom. The Labute approximate surface area is 170 Å². The van der Waals surface area contributed by atoms with Gasteiger partial charge in [-0.05, 0) is 30.7 Å². The van der Waals surface area contributed by atoms with Crippen molar-refractivity contribution >= 4 is 23.2 Å². The van der Waals surface area contributed by atoms with Gasteiger partial charge in [-0.3, -0.25) is 9.69 Å². The van der Waals surface area contributed by atoms with E-state index in [-0.39, 0.29) is 5.91 Å². The Hall–Kier alpha value is -2.37. The first kappa shape index (κ1) is 19.0. The highest BCUT2D eigenvalue weighted by Crippen LogP contribution is 2.27. The van der Waals surface area contributed by atoms with E-state index in [4.69, 9.17) is 16.6 Å². The summed E-state index contributed by atoms with van der Waals surface area (Å²) >= 11 is 6.07. The third-order valence-corrected chi connectivity index (χ3v) is 5.56. The minimum absolute atomic E-state index is 0.277. The lowest BCUT2D eigenvalue weighted by Gasteiger charge is -2.34. The second-order valence-electron chi connectivity index (χ2n) is 7.25. The molecule has 0 radical (unpaired) electrons. The first-order valence-electron chi connectivity index (χ1n) is 9.87. The van der Waals surface area contributed by atoms with Crippen LogP contribution in [0.4, 0.5) is 0 Å². The molecule has 2 aromatic heterocycles. The van der Waals surface area contributed by atoms with Crippen molar-refractivity contribution in [1.82, 2.24) is 19.2 Å². The monoisotopic (exact) mass is 396 g/mol. The van der Waals surface area contributed by atoms with Gasteiger partial charge in [0.15, 0.2) is 0 Å². The van der Waals surface area contributed by atoms with Crippen molar-refractivity contribution in [1.29, 1.82) is 0 Å². The molecule has 1 aromatic carbocycles. The number of nitrogens with zero attached hydrogens (tertiary/aromatic N) is 4. The topological polar surface area (TPSA) is 40.9 Å². The highest BCUT2D eigenvalue weighted by atomic mass is 35.5. The van der Waals surface area contributed by atoms with Gasteiger partial charge < -0.3 is 9.30 Å². The van der Waals surface area contributed by atoms with E-state index in [1.807, 2.05) is 47.4 Å². The number of pyridine rings is 1. The van der Waals surface area contributed by atoms with Gasteiger partial charge in [-0.25, -0.2) is 4.98 Å². The molecule has 0 unspecified atom stereocenters. The van der Waals surface area contributed by atoms with Gasteiger partial charge in [0.1, 0.15) is 5.65 Å². The average molecular weight is 397 g/mol. The van der Waals surface area contributed by atoms with E-state index < -0.39 is 0 Å². The maximum absolute atomic E-state index is 12.1. The van der Waals surface area contributed by atoms with Crippen molar-refractivity contribution in [2.24, 2.45) is 0 Å². The van der Waals surface area contributed by atoms with Gasteiger partial charge in [0.05, 0.1) is 11.4 Å². The van der Waals surface area contributed by atoms with Crippen LogP contribution in [-0.4, -0.2) is 51.3 Å². The minimum atomic E-state index is 0.277. The lowest BCUT2D eigenvalue weighted by molar-refractivity contribution is -0.133. The van der Waals surface area contributed by atoms with Gasteiger partial charge in [-0.2, -0.15) is 0 Å². The summed E-state index contributed by atoms with van der Waals surface area (Å²) in [4.78, 5) is 21.4. The number of hydrogen-bond donors (Lipinski definition) is 0. The molecule has 1 fully saturated rings. The molecule has 0 spiro atoms. The fourth-order valence-corrected chi connectivity index (χ4v) is 3.90. The van der Waals surface area contributed by atoms with Gasteiger partial charge >= 0.3 is 0 Å². The zero-order chi connectivity index (χ0) is 19.5. The van der Waals surface area contributed by atoms with Crippen molar-refractivity contribution in [3.63, 3.8) is 0 Å². The number of hydrogen-bond acceptors (Lipinski definition) is 3. The number of benzene rings is 1. The third kappa shape index (κ3) is 3.91. The maximum atomic E-state index is 12.1. The predicted molar refractivity (Wildman–Crippen MR) is 112 cm³/mol. The normalized spacial score (nSPS) is 15.3. The zero-order valence-corrected chi connectivity index (χ0v) is 16.9. The summed E-state index contributed by atoms with van der Waals surface area (Å²) in [6, 6.07) is 13.9. The molecule has 5 nitrogen and oxygen atoms in total. The van der Waals surface area contributed by atoms with Crippen LogP contribution < -0.4 is 0 Å². The summed E-state index contributed by atoms with van der Waals surface area (Å²) in [6.45, 7) is 6.22. The molecule has 0 saturated carbocycles. The van der Waals surface area contributed by atoms with Crippen LogP contribution in [0.15, 0.2) is 48.7 Å². The van der Waals surface area contributed by atoms with Crippen LogP contribution in [0.3, 0.4) is 0 Å². The number of amides is 1. The summed E-state index contributed by atoms with van der Waals surface area (Å²) in [5.74, 6) is 0.277. The van der Waals surface area contributed by atoms with E-state index in [2.05, 4.69) is 22.4 Å². The molecule has 1 aliphatic heterocycles. The first-order chi connectivity index (χ1) is 13.7. The lowest BCUT2D eigenvalue weighted by atomic mass is 10.1. The smallest absolute Gasteiger partial charge is 0.222 e. The Kier molecular flexibility index (Phi) is 5.64. The number of halogens is 1. The van der Waals surface area contributed by atoms with Crippen LogP contribution in [0, 0.1) is 0 Å². The molecule has 1 aliphatic rings. The van der Waals surface area contributed by atoms with Crippen LogP contribution in [-0.2, 0) is 11.3 Å². The Morgan fingerprint density at radius 1 is 1.07 bits per heavy atom. The third-order valence-electron chi connectivity index (χ3n) is 5.31. The number of aromatic nitrogens is 2. The van der Waals surface area contributed by atoms with Crippen molar-refractivity contribution < 1.29 is 4.79 Å². The van der Waals surface area contributed by atoms with Gasteiger partial charge in [-0.1, -0.05) is 36.7 Å². The molecule has 0 atom stereocenters.